The van der Waals surface area contributed by atoms with E-state index in [-0.39, 0.29) is 5.91 Å². The summed E-state index contributed by atoms with van der Waals surface area (Å²) in [6, 6.07) is 7.23. The number of hydrogen-bond acceptors (Lipinski definition) is 3. The number of halogens is 1. The number of nitrogens with zero attached hydrogens (tertiary/aromatic N) is 2. The van der Waals surface area contributed by atoms with Crippen LogP contribution in [0.1, 0.15) is 28.5 Å². The minimum absolute atomic E-state index is 0.181. The molecule has 5 heteroatoms. The highest BCUT2D eigenvalue weighted by Crippen LogP contribution is 2.34. The molecule has 1 heterocycles. The molecule has 22 heavy (non-hydrogen) atoms. The topological polar surface area (TPSA) is 45.2 Å². The van der Waals surface area contributed by atoms with E-state index >= 15 is 0 Å². The number of nitrogens with one attached hydrogen (secondary N) is 1. The van der Waals surface area contributed by atoms with Crippen molar-refractivity contribution in [1.82, 2.24) is 4.98 Å². The maximum Gasteiger partial charge on any atom is 0.257 e. The molecule has 0 saturated heterocycles. The first-order valence-corrected chi connectivity index (χ1v) is 7.54. The van der Waals surface area contributed by atoms with E-state index in [1.165, 1.54) is 0 Å². The van der Waals surface area contributed by atoms with Gasteiger partial charge in [0.15, 0.2) is 0 Å². The van der Waals surface area contributed by atoms with Gasteiger partial charge in [-0.25, -0.2) is 0 Å². The summed E-state index contributed by atoms with van der Waals surface area (Å²) in [5, 5.41) is 3.66. The molecule has 0 aliphatic rings. The van der Waals surface area contributed by atoms with Crippen molar-refractivity contribution in [2.45, 2.75) is 20.3 Å². The van der Waals surface area contributed by atoms with Crippen LogP contribution in [-0.4, -0.2) is 25.0 Å². The Morgan fingerprint density at radius 1 is 1.27 bits per heavy atom. The fourth-order valence-electron chi connectivity index (χ4n) is 2.36. The van der Waals surface area contributed by atoms with Crippen molar-refractivity contribution in [3.8, 4) is 0 Å². The first-order chi connectivity index (χ1) is 10.4. The van der Waals surface area contributed by atoms with Crippen LogP contribution in [-0.2, 0) is 6.42 Å². The summed E-state index contributed by atoms with van der Waals surface area (Å²) in [6.45, 7) is 3.93. The second-order valence-electron chi connectivity index (χ2n) is 5.31. The van der Waals surface area contributed by atoms with E-state index in [2.05, 4.69) is 10.3 Å². The van der Waals surface area contributed by atoms with Crippen LogP contribution in [0, 0.1) is 6.92 Å². The molecule has 0 radical (unpaired) electrons. The molecule has 0 saturated carbocycles. The zero-order valence-electron chi connectivity index (χ0n) is 13.3. The smallest absolute Gasteiger partial charge is 0.257 e. The van der Waals surface area contributed by atoms with Gasteiger partial charge in [-0.3, -0.25) is 9.78 Å². The van der Waals surface area contributed by atoms with Crippen molar-refractivity contribution in [3.05, 3.63) is 52.3 Å². The van der Waals surface area contributed by atoms with Crippen LogP contribution in [0.5, 0.6) is 0 Å². The third kappa shape index (κ3) is 3.39. The van der Waals surface area contributed by atoms with Gasteiger partial charge in [0, 0.05) is 31.0 Å². The minimum atomic E-state index is -0.181. The zero-order chi connectivity index (χ0) is 16.3. The van der Waals surface area contributed by atoms with Crippen LogP contribution in [0.4, 0.5) is 11.4 Å². The molecule has 0 bridgehead atoms. The van der Waals surface area contributed by atoms with Gasteiger partial charge in [-0.05, 0) is 43.2 Å². The highest BCUT2D eigenvalue weighted by atomic mass is 35.5. The summed E-state index contributed by atoms with van der Waals surface area (Å²) in [4.78, 5) is 18.5. The average molecular weight is 318 g/mol. The maximum absolute atomic E-state index is 12.4. The average Bonchev–Trinajstić information content (AvgIpc) is 2.48. The first-order valence-electron chi connectivity index (χ1n) is 7.16. The van der Waals surface area contributed by atoms with Gasteiger partial charge < -0.3 is 10.2 Å². The van der Waals surface area contributed by atoms with Crippen LogP contribution in [0.3, 0.4) is 0 Å². The van der Waals surface area contributed by atoms with Gasteiger partial charge in [0.05, 0.1) is 16.9 Å². The predicted octanol–water partition coefficient (Wildman–Crippen LogP) is 3.92. The third-order valence-electron chi connectivity index (χ3n) is 3.45. The molecule has 0 spiro atoms. The van der Waals surface area contributed by atoms with Gasteiger partial charge in [0.25, 0.3) is 5.91 Å². The van der Waals surface area contributed by atoms with Crippen LogP contribution in [0.15, 0.2) is 30.5 Å². The monoisotopic (exact) mass is 317 g/mol. The number of anilines is 2. The largest absolute Gasteiger partial charge is 0.376 e. The normalized spacial score (nSPS) is 10.4. The number of hydrogen-bond donors (Lipinski definition) is 1. The molecular weight excluding hydrogens is 298 g/mol. The Hall–Kier alpha value is -2.07. The fraction of sp³-hybridized carbons (Fsp3) is 0.294. The number of pyridine rings is 1. The first kappa shape index (κ1) is 16.3. The number of benzene rings is 1. The van der Waals surface area contributed by atoms with Crippen molar-refractivity contribution in [3.63, 3.8) is 0 Å². The van der Waals surface area contributed by atoms with Crippen molar-refractivity contribution in [1.29, 1.82) is 0 Å². The van der Waals surface area contributed by atoms with Gasteiger partial charge in [-0.15, -0.1) is 0 Å². The minimum Gasteiger partial charge on any atom is -0.376 e. The van der Waals surface area contributed by atoms with E-state index in [1.54, 1.807) is 12.3 Å². The van der Waals surface area contributed by atoms with Crippen LogP contribution < -0.4 is 10.2 Å². The summed E-state index contributed by atoms with van der Waals surface area (Å²) < 4.78 is 0. The van der Waals surface area contributed by atoms with Crippen molar-refractivity contribution in [2.24, 2.45) is 0 Å². The highest BCUT2D eigenvalue weighted by Gasteiger charge is 2.15. The molecule has 1 amide bonds. The molecule has 1 aromatic heterocycles. The summed E-state index contributed by atoms with van der Waals surface area (Å²) in [5.74, 6) is -0.181. The molecule has 0 unspecified atom stereocenters. The third-order valence-corrected chi connectivity index (χ3v) is 3.80. The molecular formula is C17H20ClN3O. The lowest BCUT2D eigenvalue weighted by molar-refractivity contribution is 0.102. The molecule has 0 fully saturated rings. The molecule has 2 aromatic rings. The Morgan fingerprint density at radius 2 is 2.00 bits per heavy atom. The molecule has 1 N–H and O–H groups in total. The molecule has 4 nitrogen and oxygen atoms in total. The van der Waals surface area contributed by atoms with Gasteiger partial charge in [-0.2, -0.15) is 0 Å². The number of aromatic nitrogens is 1. The number of aryl methyl sites for hydroxylation is 1. The lowest BCUT2D eigenvalue weighted by atomic mass is 10.1. The van der Waals surface area contributed by atoms with Crippen molar-refractivity contribution >= 4 is 28.9 Å². The number of amides is 1. The number of carbonyl (C=O) groups excluding carboxylic acids is 1. The van der Waals surface area contributed by atoms with E-state index in [9.17, 15) is 4.79 Å². The van der Waals surface area contributed by atoms with Gasteiger partial charge in [0.2, 0.25) is 0 Å². The van der Waals surface area contributed by atoms with E-state index in [0.29, 0.717) is 10.6 Å². The van der Waals surface area contributed by atoms with Gasteiger partial charge in [-0.1, -0.05) is 18.5 Å². The second kappa shape index (κ2) is 6.79. The molecule has 1 aromatic carbocycles. The molecule has 0 aliphatic heterocycles. The quantitative estimate of drug-likeness (QED) is 0.929. The van der Waals surface area contributed by atoms with Gasteiger partial charge >= 0.3 is 0 Å². The molecule has 0 aliphatic carbocycles. The predicted molar refractivity (Wildman–Crippen MR) is 92.1 cm³/mol. The lowest BCUT2D eigenvalue weighted by Crippen LogP contribution is -2.18. The number of carbonyl (C=O) groups is 1. The summed E-state index contributed by atoms with van der Waals surface area (Å²) in [7, 11) is 3.88. The molecule has 2 rings (SSSR count). The van der Waals surface area contributed by atoms with E-state index in [4.69, 9.17) is 11.6 Å². The van der Waals surface area contributed by atoms with Crippen molar-refractivity contribution < 1.29 is 4.79 Å². The maximum atomic E-state index is 12.4. The molecule has 0 atom stereocenters. The SMILES string of the molecule is CCc1c(Cl)ccc(NC(=O)c2ccc(C)nc2)c1N(C)C. The lowest BCUT2D eigenvalue weighted by Gasteiger charge is -2.22. The Bertz CT molecular complexity index is 681. The Labute approximate surface area is 136 Å². The summed E-state index contributed by atoms with van der Waals surface area (Å²) in [5.41, 5.74) is 4.11. The molecule has 116 valence electrons. The summed E-state index contributed by atoms with van der Waals surface area (Å²) in [6.07, 6.45) is 2.37. The van der Waals surface area contributed by atoms with Crippen molar-refractivity contribution in [2.75, 3.05) is 24.3 Å². The van der Waals surface area contributed by atoms with E-state index < -0.39 is 0 Å². The standard InChI is InChI=1S/C17H20ClN3O/c1-5-13-14(18)8-9-15(16(13)21(3)4)20-17(22)12-7-6-11(2)19-10-12/h6-10H,5H2,1-4H3,(H,20,22). The van der Waals surface area contributed by atoms with Crippen LogP contribution >= 0.6 is 11.6 Å². The Morgan fingerprint density at radius 3 is 2.55 bits per heavy atom. The fourth-order valence-corrected chi connectivity index (χ4v) is 2.64. The zero-order valence-corrected chi connectivity index (χ0v) is 14.0. The van der Waals surface area contributed by atoms with Gasteiger partial charge in [0.1, 0.15) is 0 Å². The Kier molecular flexibility index (Phi) is 5.03. The highest BCUT2D eigenvalue weighted by molar-refractivity contribution is 6.32. The summed E-state index contributed by atoms with van der Waals surface area (Å²) >= 11 is 6.27. The van der Waals surface area contributed by atoms with E-state index in [1.807, 2.05) is 51.0 Å². The second-order valence-corrected chi connectivity index (χ2v) is 5.72. The van der Waals surface area contributed by atoms with Crippen LogP contribution in [0.25, 0.3) is 0 Å². The number of rotatable bonds is 4. The van der Waals surface area contributed by atoms with Crippen LogP contribution in [0.2, 0.25) is 5.02 Å². The van der Waals surface area contributed by atoms with E-state index in [0.717, 1.165) is 29.1 Å². The Balaban J connectivity index is 2.37.